The van der Waals surface area contributed by atoms with Crippen molar-refractivity contribution < 1.29 is 9.79 Å². The van der Waals surface area contributed by atoms with Crippen LogP contribution in [-0.4, -0.2) is 15.9 Å². The summed E-state index contributed by atoms with van der Waals surface area (Å²) in [5.74, 6) is 0. The highest BCUT2D eigenvalue weighted by Crippen LogP contribution is 2.54. The van der Waals surface area contributed by atoms with Gasteiger partial charge in [0.15, 0.2) is 0 Å². The molecule has 0 aromatic heterocycles. The lowest BCUT2D eigenvalue weighted by atomic mass is 10.8. The van der Waals surface area contributed by atoms with Crippen LogP contribution >= 0.6 is 19.2 Å². The summed E-state index contributed by atoms with van der Waals surface area (Å²) in [5.41, 5.74) is 0. The molecular formula is C3H8O2PS+. The average molecular weight is 139 g/mol. The molecule has 0 rings (SSSR count). The van der Waals surface area contributed by atoms with Crippen LogP contribution in [0.3, 0.4) is 0 Å². The maximum atomic E-state index is 8.48. The fourth-order valence-corrected chi connectivity index (χ4v) is 0.866. The van der Waals surface area contributed by atoms with Gasteiger partial charge >= 0.3 is 6.92 Å². The molecule has 7 heavy (non-hydrogen) atoms. The Labute approximate surface area is 48.5 Å². The molecule has 0 aromatic carbocycles. The zero-order valence-electron chi connectivity index (χ0n) is 3.78. The standard InChI is InChI=1S/C3H8O2PS/c1-2-3-6(4,5)7/h2,4-5,7H,1,3H2/q+1. The number of hydrogen-bond acceptors (Lipinski definition) is 3. The van der Waals surface area contributed by atoms with Gasteiger partial charge in [-0.3, -0.25) is 0 Å². The highest BCUT2D eigenvalue weighted by atomic mass is 32.7. The van der Waals surface area contributed by atoms with Crippen molar-refractivity contribution in [3.63, 3.8) is 0 Å². The molecule has 0 unspecified atom stereocenters. The maximum Gasteiger partial charge on any atom is 0.327 e. The summed E-state index contributed by atoms with van der Waals surface area (Å²) in [6.45, 7) is 0.466. The molecular weight excluding hydrogens is 131 g/mol. The van der Waals surface area contributed by atoms with Gasteiger partial charge < -0.3 is 0 Å². The summed E-state index contributed by atoms with van der Waals surface area (Å²) in [6, 6.07) is 0. The Hall–Kier alpha value is 0.440. The van der Waals surface area contributed by atoms with Crippen molar-refractivity contribution in [3.05, 3.63) is 12.7 Å². The number of rotatable bonds is 2. The average Bonchev–Trinajstić information content (AvgIpc) is 1.30. The molecule has 2 nitrogen and oxygen atoms in total. The van der Waals surface area contributed by atoms with E-state index < -0.39 is 6.92 Å². The first-order chi connectivity index (χ1) is 3.06. The second-order valence-corrected chi connectivity index (χ2v) is 4.84. The first-order valence-electron chi connectivity index (χ1n) is 1.73. The van der Waals surface area contributed by atoms with Crippen molar-refractivity contribution in [1.82, 2.24) is 0 Å². The largest absolute Gasteiger partial charge is 0.327 e. The van der Waals surface area contributed by atoms with Crippen molar-refractivity contribution in [3.8, 4) is 0 Å². The van der Waals surface area contributed by atoms with Crippen molar-refractivity contribution >= 4 is 19.2 Å². The first kappa shape index (κ1) is 7.44. The van der Waals surface area contributed by atoms with E-state index in [4.69, 9.17) is 9.79 Å². The third-order valence-corrected chi connectivity index (χ3v) is 1.61. The van der Waals surface area contributed by atoms with Gasteiger partial charge in [-0.2, -0.15) is 0 Å². The first-order valence-corrected chi connectivity index (χ1v) is 4.77. The molecule has 0 amide bonds. The Morgan fingerprint density at radius 3 is 2.14 bits per heavy atom. The van der Waals surface area contributed by atoms with Gasteiger partial charge in [-0.25, -0.2) is 9.79 Å². The second kappa shape index (κ2) is 2.68. The van der Waals surface area contributed by atoms with Crippen LogP contribution in [0.1, 0.15) is 0 Å². The summed E-state index contributed by atoms with van der Waals surface area (Å²) in [4.78, 5) is 17.0. The SMILES string of the molecule is C=CC[P+](O)(O)S. The van der Waals surface area contributed by atoms with E-state index in [9.17, 15) is 0 Å². The van der Waals surface area contributed by atoms with E-state index in [0.29, 0.717) is 0 Å². The second-order valence-electron chi connectivity index (χ2n) is 1.16. The molecule has 2 N–H and O–H groups in total. The molecule has 42 valence electrons. The van der Waals surface area contributed by atoms with Crippen LogP contribution in [0.15, 0.2) is 12.7 Å². The summed E-state index contributed by atoms with van der Waals surface area (Å²) >= 11 is 3.49. The fourth-order valence-electron chi connectivity index (χ4n) is 0.173. The van der Waals surface area contributed by atoms with Gasteiger partial charge in [-0.05, 0) is 6.08 Å². The van der Waals surface area contributed by atoms with E-state index in [1.54, 1.807) is 0 Å². The van der Waals surface area contributed by atoms with Gasteiger partial charge in [0, 0.05) is 0 Å². The minimum atomic E-state index is -2.84. The Morgan fingerprint density at radius 1 is 1.71 bits per heavy atom. The molecule has 0 aliphatic carbocycles. The minimum Gasteiger partial charge on any atom is -0.208 e. The topological polar surface area (TPSA) is 40.5 Å². The van der Waals surface area contributed by atoms with Crippen LogP contribution in [0.2, 0.25) is 0 Å². The summed E-state index contributed by atoms with van der Waals surface area (Å²) in [6.07, 6.45) is 1.62. The quantitative estimate of drug-likeness (QED) is 0.301. The van der Waals surface area contributed by atoms with Gasteiger partial charge in [0.05, 0.1) is 12.2 Å². The molecule has 0 saturated carbocycles. The number of hydrogen-bond donors (Lipinski definition) is 3. The molecule has 0 saturated heterocycles. The smallest absolute Gasteiger partial charge is 0.208 e. The van der Waals surface area contributed by atoms with Crippen LogP contribution in [0.25, 0.3) is 0 Å². The van der Waals surface area contributed by atoms with Gasteiger partial charge in [0.2, 0.25) is 0 Å². The zero-order chi connectivity index (χ0) is 5.91. The summed E-state index contributed by atoms with van der Waals surface area (Å²) < 4.78 is 0. The van der Waals surface area contributed by atoms with E-state index in [1.807, 2.05) is 0 Å². The summed E-state index contributed by atoms with van der Waals surface area (Å²) in [5, 5.41) is 0. The van der Waals surface area contributed by atoms with Crippen molar-refractivity contribution in [2.24, 2.45) is 0 Å². The highest BCUT2D eigenvalue weighted by molar-refractivity contribution is 8.48. The normalized spacial score (nSPS) is 11.3. The van der Waals surface area contributed by atoms with E-state index in [2.05, 4.69) is 18.8 Å². The Balaban J connectivity index is 3.34. The van der Waals surface area contributed by atoms with Crippen LogP contribution in [0, 0.1) is 0 Å². The lowest BCUT2D eigenvalue weighted by molar-refractivity contribution is 0.479. The molecule has 0 radical (unpaired) electrons. The van der Waals surface area contributed by atoms with E-state index in [0.717, 1.165) is 0 Å². The molecule has 0 heterocycles. The van der Waals surface area contributed by atoms with E-state index in [1.165, 1.54) is 6.08 Å². The lowest BCUT2D eigenvalue weighted by Gasteiger charge is -1.97. The minimum absolute atomic E-state index is 0.191. The van der Waals surface area contributed by atoms with E-state index >= 15 is 0 Å². The lowest BCUT2D eigenvalue weighted by Crippen LogP contribution is -1.82. The van der Waals surface area contributed by atoms with Gasteiger partial charge in [-0.15, -0.1) is 0 Å². The van der Waals surface area contributed by atoms with Gasteiger partial charge in [0.25, 0.3) is 0 Å². The van der Waals surface area contributed by atoms with Crippen LogP contribution in [-0.2, 0) is 0 Å². The van der Waals surface area contributed by atoms with Gasteiger partial charge in [-0.1, -0.05) is 6.58 Å². The molecule has 0 bridgehead atoms. The predicted octanol–water partition coefficient (Wildman–Crippen LogP) is 0.849. The molecule has 0 atom stereocenters. The van der Waals surface area contributed by atoms with E-state index in [-0.39, 0.29) is 6.16 Å². The van der Waals surface area contributed by atoms with Crippen LogP contribution < -0.4 is 0 Å². The fraction of sp³-hybridized carbons (Fsp3) is 0.333. The van der Waals surface area contributed by atoms with Crippen LogP contribution in [0.4, 0.5) is 0 Å². The zero-order valence-corrected chi connectivity index (χ0v) is 5.57. The molecule has 0 aliphatic rings. The molecule has 0 aliphatic heterocycles. The maximum absolute atomic E-state index is 8.48. The highest BCUT2D eigenvalue weighted by Gasteiger charge is 2.23. The Morgan fingerprint density at radius 2 is 2.14 bits per heavy atom. The monoisotopic (exact) mass is 139 g/mol. The number of thiol groups is 1. The summed E-state index contributed by atoms with van der Waals surface area (Å²) in [7, 11) is 0. The molecule has 0 fully saturated rings. The molecule has 0 spiro atoms. The molecule has 4 heteroatoms. The third-order valence-electron chi connectivity index (χ3n) is 0.374. The third kappa shape index (κ3) is 6.44. The van der Waals surface area contributed by atoms with Crippen LogP contribution in [0.5, 0.6) is 0 Å². The van der Waals surface area contributed by atoms with Crippen molar-refractivity contribution in [2.75, 3.05) is 6.16 Å². The predicted molar refractivity (Wildman–Crippen MR) is 35.4 cm³/mol. The molecule has 0 aromatic rings. The van der Waals surface area contributed by atoms with Crippen molar-refractivity contribution in [2.45, 2.75) is 0 Å². The number of allylic oxidation sites excluding steroid dienone is 1. The van der Waals surface area contributed by atoms with Crippen molar-refractivity contribution in [1.29, 1.82) is 0 Å². The van der Waals surface area contributed by atoms with Gasteiger partial charge in [0.1, 0.15) is 6.16 Å². The Kier molecular flexibility index (Phi) is 2.84. The Bertz CT molecular complexity index is 67.8.